The van der Waals surface area contributed by atoms with Crippen molar-refractivity contribution >= 4 is 127 Å². The molecule has 6 aromatic carbocycles. The van der Waals surface area contributed by atoms with Crippen LogP contribution in [0, 0.1) is 0 Å². The van der Waals surface area contributed by atoms with E-state index in [-0.39, 0.29) is 200 Å². The van der Waals surface area contributed by atoms with Gasteiger partial charge >= 0.3 is 188 Å². The van der Waals surface area contributed by atoms with Crippen molar-refractivity contribution in [1.29, 1.82) is 0 Å². The maximum atomic E-state index is 14.6. The van der Waals surface area contributed by atoms with Gasteiger partial charge in [0.05, 0.1) is 77.9 Å². The summed E-state index contributed by atoms with van der Waals surface area (Å²) in [7, 11) is -36.5. The number of carbonyl (C=O) groups excluding carboxylic acids is 1. The fraction of sp³-hybridized carbons (Fsp3) is 0.100. The van der Waals surface area contributed by atoms with E-state index in [2.05, 4.69) is 48.5 Å². The van der Waals surface area contributed by atoms with E-state index >= 15 is 0 Å². The van der Waals surface area contributed by atoms with Gasteiger partial charge in [0.1, 0.15) is 36.0 Å². The van der Waals surface area contributed by atoms with Crippen LogP contribution in [0.4, 0.5) is 28.4 Å². The Labute approximate surface area is 614 Å². The first-order valence-corrected chi connectivity index (χ1v) is 31.1. The molecular formula is C40H28N8Na6O24S7. The molecule has 0 aliphatic carbocycles. The molecule has 1 aromatic heterocycles. The molecule has 0 saturated heterocycles. The van der Waals surface area contributed by atoms with Gasteiger partial charge in [-0.1, -0.05) is 42.1 Å². The van der Waals surface area contributed by atoms with Crippen LogP contribution in [0.1, 0.15) is 10.4 Å². The number of carboxylic acid groups (broad SMARTS) is 1. The van der Waals surface area contributed by atoms with Crippen LogP contribution in [0.2, 0.25) is 0 Å². The molecule has 0 spiro atoms. The first-order valence-electron chi connectivity index (χ1n) is 20.8. The molecule has 32 nitrogen and oxygen atoms in total. The summed E-state index contributed by atoms with van der Waals surface area (Å²) in [5.74, 6) is -5.49. The summed E-state index contributed by atoms with van der Waals surface area (Å²) in [6.07, 6.45) is 0. The number of para-hydroxylation sites is 1. The summed E-state index contributed by atoms with van der Waals surface area (Å²) < 4.78 is 237. The number of aromatic nitrogens is 3. The van der Waals surface area contributed by atoms with Gasteiger partial charge < -0.3 is 33.2 Å². The van der Waals surface area contributed by atoms with E-state index in [1.807, 2.05) is 0 Å². The number of azo groups is 1. The number of nitrogens with zero attached hydrogens (tertiary/aromatic N) is 5. The molecular weight excluding hydrogens is 1340 g/mol. The van der Waals surface area contributed by atoms with Gasteiger partial charge in [0, 0.05) is 21.7 Å². The van der Waals surface area contributed by atoms with Crippen LogP contribution >= 0.6 is 0 Å². The second-order valence-corrected chi connectivity index (χ2v) is 26.0. The van der Waals surface area contributed by atoms with Gasteiger partial charge in [-0.05, 0) is 66.0 Å². The van der Waals surface area contributed by atoms with Crippen LogP contribution in [-0.4, -0.2) is 127 Å². The predicted molar refractivity (Wildman–Crippen MR) is 255 cm³/mol. The molecule has 7 rings (SSSR count). The van der Waals surface area contributed by atoms with Gasteiger partial charge in [-0.3, -0.25) is 23.7 Å². The van der Waals surface area contributed by atoms with Crippen LogP contribution < -0.4 is 204 Å². The molecule has 0 bridgehead atoms. The number of aromatic carboxylic acids is 1. The number of rotatable bonds is 19. The molecule has 0 radical (unpaired) electrons. The minimum absolute atomic E-state index is 0. The number of hydrogen-bond acceptors (Lipinski definition) is 28. The summed E-state index contributed by atoms with van der Waals surface area (Å²) in [5, 5.41) is 30.7. The molecule has 0 aliphatic heterocycles. The van der Waals surface area contributed by atoms with Crippen molar-refractivity contribution < 1.29 is 282 Å². The molecule has 4 N–H and O–H groups in total. The van der Waals surface area contributed by atoms with Crippen molar-refractivity contribution in [2.75, 3.05) is 24.7 Å². The van der Waals surface area contributed by atoms with Crippen LogP contribution in [-0.2, 0) is 79.2 Å². The molecule has 0 fully saturated rings. The van der Waals surface area contributed by atoms with Crippen molar-refractivity contribution in [3.8, 4) is 5.75 Å². The summed E-state index contributed by atoms with van der Waals surface area (Å²) in [5.41, 5.74) is -5.69. The monoisotopic (exact) mass is 1370 g/mol. The number of carbonyl (C=O) groups is 1. The Morgan fingerprint density at radius 1 is 0.518 bits per heavy atom. The molecule has 0 saturated carbocycles. The quantitative estimate of drug-likeness (QED) is 0.0253. The van der Waals surface area contributed by atoms with E-state index in [0.717, 1.165) is 54.6 Å². The first-order chi connectivity index (χ1) is 36.5. The Morgan fingerprint density at radius 2 is 1.05 bits per heavy atom. The Hall–Kier alpha value is -1.51. The van der Waals surface area contributed by atoms with Crippen LogP contribution in [0.5, 0.6) is 5.75 Å². The Morgan fingerprint density at radius 3 is 1.59 bits per heavy atom. The third-order valence-corrected chi connectivity index (χ3v) is 17.3. The number of sulfone groups is 2. The number of carboxylic acids is 1. The Bertz CT molecular complexity index is 4820. The van der Waals surface area contributed by atoms with Crippen LogP contribution in [0.3, 0.4) is 0 Å². The molecule has 7 aromatic rings. The normalized spacial score (nSPS) is 13.0. The summed E-state index contributed by atoms with van der Waals surface area (Å²) in [6.45, 7) is -2.12. The zero-order chi connectivity index (χ0) is 58.3. The fourth-order valence-corrected chi connectivity index (χ4v) is 12.2. The van der Waals surface area contributed by atoms with E-state index in [1.165, 1.54) is 30.3 Å². The van der Waals surface area contributed by atoms with Crippen molar-refractivity contribution in [3.05, 3.63) is 119 Å². The molecule has 85 heavy (non-hydrogen) atoms. The molecule has 1 heterocycles. The van der Waals surface area contributed by atoms with Gasteiger partial charge in [0.2, 0.25) is 27.3 Å². The van der Waals surface area contributed by atoms with Gasteiger partial charge in [-0.2, -0.15) is 8.42 Å². The largest absolute Gasteiger partial charge is 1.00 e. The number of hydrogen-bond donors (Lipinski definition) is 4. The van der Waals surface area contributed by atoms with Gasteiger partial charge in [-0.25, -0.2) is 69.7 Å². The summed E-state index contributed by atoms with van der Waals surface area (Å²) in [4.78, 5) is 27.1. The summed E-state index contributed by atoms with van der Waals surface area (Å²) in [6, 6.07) is 15.0. The average molecular weight is 1370 g/mol. The van der Waals surface area contributed by atoms with Gasteiger partial charge in [0.15, 0.2) is 19.7 Å². The number of H-pyrrole nitrogens is 3. The predicted octanol–water partition coefficient (Wildman–Crippen LogP) is -18.9. The SMILES string of the molecule is O=C([O-])c1ccccc1N=c1[nH]c(=Nc2cccc(S(=O)(=O)CCOS(=O)(=O)[O-])c2)[nH]c(=Nc2ccc(S(=O)(=O)[O-])c3cc(S(=O)(=O)[O-])c(N=Nc4ccc5cc(S(=O)(=O)CCOS(=O)(=O)O)ccc5c4S(=O)(=O)[O-])c([O-])c23)[nH]1.[Na+].[Na+].[Na+].[Na+].[Na+].[Na+]. The number of nitrogens with one attached hydrogen (secondary N) is 3. The van der Waals surface area contributed by atoms with Crippen molar-refractivity contribution in [2.24, 2.45) is 25.2 Å². The van der Waals surface area contributed by atoms with Crippen LogP contribution in [0.25, 0.3) is 21.5 Å². The van der Waals surface area contributed by atoms with Gasteiger partial charge in [-0.15, -0.1) is 10.2 Å². The third-order valence-electron chi connectivity index (χ3n) is 10.3. The zero-order valence-corrected chi connectivity index (χ0v) is 62.2. The third kappa shape index (κ3) is 21.5. The van der Waals surface area contributed by atoms with Crippen molar-refractivity contribution in [1.82, 2.24) is 15.0 Å². The molecule has 0 unspecified atom stereocenters. The van der Waals surface area contributed by atoms with Crippen molar-refractivity contribution in [3.63, 3.8) is 0 Å². The second-order valence-electron chi connectivity index (χ2n) is 15.6. The van der Waals surface area contributed by atoms with E-state index in [4.69, 9.17) is 4.55 Å². The molecule has 0 amide bonds. The molecule has 45 heteroatoms. The standard InChI is InChI=1S/C40H34N8O24S7.6Na/c49-35-33-27(20-32(76(59,60)61)34(35)48-47-30-11-8-21-18-24(9-10-25(21)36(30)77(62,63)64)74(54,55)17-15-72-79(68,69)70)31(75(56,57)58)13-12-29(33)43-40-45-38(44-39(46-40)42-28-7-2-1-6-26(28)37(50)51)41-22-4-3-5-23(19-22)73(52,53)16-14-71-78(65,66)67;;;;;;/h1-13,18-20,49H,14-17H2,(H,50,51)(H,56,57,58)(H,59,60,61)(H,62,63,64)(H,65,66,67)(H,68,69,70)(H3,41,42,43,44,45,46);;;;;;/q;6*+1/p-6. The van der Waals surface area contributed by atoms with E-state index in [1.54, 1.807) is 0 Å². The van der Waals surface area contributed by atoms with Crippen molar-refractivity contribution in [2.45, 2.75) is 24.5 Å². The maximum absolute atomic E-state index is 14.6. The van der Waals surface area contributed by atoms with E-state index in [0.29, 0.717) is 6.07 Å². The summed E-state index contributed by atoms with van der Waals surface area (Å²) >= 11 is 0. The first kappa shape index (κ1) is 81.5. The molecule has 420 valence electrons. The van der Waals surface area contributed by atoms with E-state index < -0.39 is 187 Å². The number of aromatic amines is 3. The van der Waals surface area contributed by atoms with Gasteiger partial charge in [0.25, 0.3) is 0 Å². The second kappa shape index (κ2) is 32.2. The topological polar surface area (TPSA) is 542 Å². The average Bonchev–Trinajstić information content (AvgIpc) is 3.38. The smallest absolute Gasteiger partial charge is 0.870 e. The van der Waals surface area contributed by atoms with E-state index in [9.17, 15) is 92.1 Å². The Kier molecular flexibility index (Phi) is 30.8. The number of benzene rings is 6. The molecule has 0 atom stereocenters. The maximum Gasteiger partial charge on any atom is 1.00 e. The minimum Gasteiger partial charge on any atom is -0.870 e. The fourth-order valence-electron chi connectivity index (χ4n) is 7.09. The zero-order valence-electron chi connectivity index (χ0n) is 44.5. The minimum atomic E-state index is -5.99. The number of fused-ring (bicyclic) bond motifs is 2. The van der Waals surface area contributed by atoms with Crippen LogP contribution in [0.15, 0.2) is 147 Å². The Balaban J connectivity index is 0.00000602. The molecule has 0 aliphatic rings.